The number of benzene rings is 1. The Balaban J connectivity index is 1.31. The molecule has 6 rings (SSSR count). The van der Waals surface area contributed by atoms with Crippen LogP contribution in [0.1, 0.15) is 43.6 Å². The first-order valence-corrected chi connectivity index (χ1v) is 12.5. The molecule has 0 spiro atoms. The van der Waals surface area contributed by atoms with Crippen LogP contribution in [-0.2, 0) is 4.79 Å². The molecule has 1 amide bonds. The number of H-pyrrole nitrogens is 1. The van der Waals surface area contributed by atoms with Crippen LogP contribution < -0.4 is 5.32 Å². The van der Waals surface area contributed by atoms with Crippen molar-refractivity contribution in [1.29, 1.82) is 0 Å². The molecule has 10 nitrogen and oxygen atoms in total. The maximum absolute atomic E-state index is 15.3. The number of aromatic amines is 1. The third kappa shape index (κ3) is 4.01. The number of nitrogens with zero attached hydrogens (tertiary/aromatic N) is 7. The number of hydrogen-bond donors (Lipinski definition) is 2. The lowest BCUT2D eigenvalue weighted by Gasteiger charge is -2.33. The molecular formula is C25H22ClF2N9O. The average Bonchev–Trinajstić information content (AvgIpc) is 3.68. The number of carbonyl (C=O) groups excluding carboxylic acids is 1. The number of amides is 1. The van der Waals surface area contributed by atoms with Gasteiger partial charge in [-0.15, -0.1) is 5.10 Å². The molecule has 2 atom stereocenters. The van der Waals surface area contributed by atoms with E-state index in [9.17, 15) is 9.18 Å². The highest BCUT2D eigenvalue weighted by molar-refractivity contribution is 6.31. The van der Waals surface area contributed by atoms with E-state index in [0.717, 1.165) is 0 Å². The fraction of sp³-hybridized carbons (Fsp3) is 0.280. The van der Waals surface area contributed by atoms with Crippen LogP contribution in [0.2, 0.25) is 5.02 Å². The van der Waals surface area contributed by atoms with Crippen molar-refractivity contribution >= 4 is 28.9 Å². The third-order valence-corrected chi connectivity index (χ3v) is 7.23. The number of halogens is 3. The molecule has 13 heteroatoms. The summed E-state index contributed by atoms with van der Waals surface area (Å²) in [5, 5.41) is 14.0. The molecule has 2 aliphatic rings. The van der Waals surface area contributed by atoms with Crippen molar-refractivity contribution in [3.05, 3.63) is 71.0 Å². The molecule has 1 saturated heterocycles. The monoisotopic (exact) mass is 537 g/mol. The number of fused-ring (bicyclic) bond motifs is 1. The third-order valence-electron chi connectivity index (χ3n) is 6.93. The lowest BCUT2D eigenvalue weighted by molar-refractivity contribution is -0.129. The Labute approximate surface area is 220 Å². The molecular weight excluding hydrogens is 516 g/mol. The van der Waals surface area contributed by atoms with Crippen molar-refractivity contribution in [3.8, 4) is 16.9 Å². The summed E-state index contributed by atoms with van der Waals surface area (Å²) in [6, 6.07) is 4.14. The predicted molar refractivity (Wildman–Crippen MR) is 135 cm³/mol. The van der Waals surface area contributed by atoms with E-state index >= 15 is 4.39 Å². The summed E-state index contributed by atoms with van der Waals surface area (Å²) in [6.07, 6.45) is 7.66. The number of hydrogen-bond acceptors (Lipinski definition) is 7. The normalized spacial score (nSPS) is 19.0. The Morgan fingerprint density at radius 1 is 1.18 bits per heavy atom. The zero-order valence-electron chi connectivity index (χ0n) is 20.2. The lowest BCUT2D eigenvalue weighted by atomic mass is 9.92. The molecule has 4 aromatic rings. The van der Waals surface area contributed by atoms with Gasteiger partial charge in [0.2, 0.25) is 5.91 Å². The second kappa shape index (κ2) is 9.60. The minimum absolute atomic E-state index is 0.0549. The van der Waals surface area contributed by atoms with Gasteiger partial charge in [0, 0.05) is 36.0 Å². The maximum Gasteiger partial charge on any atom is 0.247 e. The van der Waals surface area contributed by atoms with Crippen molar-refractivity contribution in [3.63, 3.8) is 0 Å². The highest BCUT2D eigenvalue weighted by Crippen LogP contribution is 2.44. The van der Waals surface area contributed by atoms with E-state index in [1.807, 2.05) is 6.92 Å². The summed E-state index contributed by atoms with van der Waals surface area (Å²) in [4.78, 5) is 26.9. The number of carbonyl (C=O) groups is 1. The fourth-order valence-corrected chi connectivity index (χ4v) is 5.45. The van der Waals surface area contributed by atoms with Crippen LogP contribution in [0.15, 0.2) is 43.0 Å². The summed E-state index contributed by atoms with van der Waals surface area (Å²) in [6.45, 7) is 2.40. The Morgan fingerprint density at radius 2 is 2.05 bits per heavy atom. The molecule has 0 unspecified atom stereocenters. The van der Waals surface area contributed by atoms with E-state index in [-0.39, 0.29) is 34.4 Å². The van der Waals surface area contributed by atoms with Crippen molar-refractivity contribution in [2.45, 2.75) is 38.3 Å². The second-order valence-electron chi connectivity index (χ2n) is 9.11. The Hall–Kier alpha value is -4.19. The van der Waals surface area contributed by atoms with Gasteiger partial charge in [0.05, 0.1) is 28.6 Å². The number of anilines is 1. The minimum atomic E-state index is -0.631. The molecule has 38 heavy (non-hydrogen) atoms. The van der Waals surface area contributed by atoms with E-state index in [0.29, 0.717) is 54.1 Å². The van der Waals surface area contributed by atoms with Crippen LogP contribution in [0, 0.1) is 11.6 Å². The van der Waals surface area contributed by atoms with Gasteiger partial charge in [0.25, 0.3) is 0 Å². The Bertz CT molecular complexity index is 1550. The summed E-state index contributed by atoms with van der Waals surface area (Å²) in [5.41, 5.74) is 1.95. The number of nitrogens with one attached hydrogen (secondary N) is 2. The number of tetrazole rings is 1. The summed E-state index contributed by atoms with van der Waals surface area (Å²) in [5.74, 6) is -0.633. The first-order valence-electron chi connectivity index (χ1n) is 12.1. The number of rotatable bonds is 6. The quantitative estimate of drug-likeness (QED) is 0.376. The van der Waals surface area contributed by atoms with Gasteiger partial charge in [0.1, 0.15) is 12.2 Å². The van der Waals surface area contributed by atoms with Gasteiger partial charge in [-0.3, -0.25) is 4.79 Å². The summed E-state index contributed by atoms with van der Waals surface area (Å²) < 4.78 is 31.6. The molecule has 1 fully saturated rings. The zero-order valence-corrected chi connectivity index (χ0v) is 21.0. The SMILES string of the molecule is CCNc1nccc(-c2cnc([C@@H]3CC[C@@H]4CC(c5c(-n6cnnn6)ccc(Cl)c5F)=CC(=O)N43)[nH]2)c1F. The highest BCUT2D eigenvalue weighted by Gasteiger charge is 2.42. The molecule has 0 radical (unpaired) electrons. The number of imidazole rings is 1. The smallest absolute Gasteiger partial charge is 0.247 e. The standard InChI is InChI=1S/C25H22ClF2N9O/c1-2-29-25-22(27)15(7-8-30-25)17-11-31-24(33-17)19-5-3-14-9-13(10-20(38)37(14)19)21-18(36-12-32-34-35-36)6-4-16(26)23(21)28/h4,6-8,10-12,14,19H,2-3,5,9H2,1H3,(H,29,30)(H,31,33)/t14-,19+/m1/s1. The van der Waals surface area contributed by atoms with Gasteiger partial charge in [-0.25, -0.2) is 18.7 Å². The van der Waals surface area contributed by atoms with Crippen LogP contribution in [-0.4, -0.2) is 58.6 Å². The van der Waals surface area contributed by atoms with Crippen molar-refractivity contribution in [2.75, 3.05) is 11.9 Å². The van der Waals surface area contributed by atoms with E-state index < -0.39 is 11.6 Å². The largest absolute Gasteiger partial charge is 0.368 e. The molecule has 5 heterocycles. The molecule has 2 N–H and O–H groups in total. The summed E-state index contributed by atoms with van der Waals surface area (Å²) >= 11 is 6.10. The molecule has 194 valence electrons. The predicted octanol–water partition coefficient (Wildman–Crippen LogP) is 4.33. The van der Waals surface area contributed by atoms with E-state index in [1.165, 1.54) is 29.3 Å². The zero-order chi connectivity index (χ0) is 26.4. The van der Waals surface area contributed by atoms with Crippen LogP contribution >= 0.6 is 11.6 Å². The highest BCUT2D eigenvalue weighted by atomic mass is 35.5. The van der Waals surface area contributed by atoms with Gasteiger partial charge < -0.3 is 15.2 Å². The molecule has 1 aromatic carbocycles. The molecule has 0 bridgehead atoms. The summed E-state index contributed by atoms with van der Waals surface area (Å²) in [7, 11) is 0. The number of aromatic nitrogens is 7. The van der Waals surface area contributed by atoms with Crippen molar-refractivity contribution in [2.24, 2.45) is 0 Å². The van der Waals surface area contributed by atoms with Crippen LogP contribution in [0.25, 0.3) is 22.5 Å². The van der Waals surface area contributed by atoms with E-state index in [2.05, 4.69) is 35.8 Å². The van der Waals surface area contributed by atoms with Gasteiger partial charge in [-0.1, -0.05) is 11.6 Å². The van der Waals surface area contributed by atoms with Gasteiger partial charge >= 0.3 is 0 Å². The van der Waals surface area contributed by atoms with Crippen LogP contribution in [0.4, 0.5) is 14.6 Å². The first-order chi connectivity index (χ1) is 18.5. The Kier molecular flexibility index (Phi) is 6.10. The fourth-order valence-electron chi connectivity index (χ4n) is 5.29. The molecule has 2 aliphatic heterocycles. The van der Waals surface area contributed by atoms with Gasteiger partial charge in [-0.05, 0) is 60.4 Å². The minimum Gasteiger partial charge on any atom is -0.368 e. The first kappa shape index (κ1) is 24.2. The topological polar surface area (TPSA) is 118 Å². The second-order valence-corrected chi connectivity index (χ2v) is 9.52. The van der Waals surface area contributed by atoms with Crippen molar-refractivity contribution < 1.29 is 13.6 Å². The van der Waals surface area contributed by atoms with Gasteiger partial charge in [0.15, 0.2) is 17.5 Å². The van der Waals surface area contributed by atoms with E-state index in [4.69, 9.17) is 11.6 Å². The lowest BCUT2D eigenvalue weighted by Crippen LogP contribution is -2.39. The maximum atomic E-state index is 15.3. The average molecular weight is 538 g/mol. The molecule has 0 aliphatic carbocycles. The van der Waals surface area contributed by atoms with Crippen molar-refractivity contribution in [1.82, 2.24) is 40.1 Å². The number of pyridine rings is 1. The molecule has 3 aromatic heterocycles. The van der Waals surface area contributed by atoms with E-state index in [1.54, 1.807) is 23.2 Å². The van der Waals surface area contributed by atoms with Crippen LogP contribution in [0.3, 0.4) is 0 Å². The Morgan fingerprint density at radius 3 is 2.84 bits per heavy atom. The van der Waals surface area contributed by atoms with Crippen LogP contribution in [0.5, 0.6) is 0 Å². The molecule has 0 saturated carbocycles. The van der Waals surface area contributed by atoms with Gasteiger partial charge in [-0.2, -0.15) is 4.68 Å².